The molecule has 5 rings (SSSR count). The van der Waals surface area contributed by atoms with Gasteiger partial charge in [0.15, 0.2) is 5.16 Å². The zero-order valence-electron chi connectivity index (χ0n) is 19.1. The Morgan fingerprint density at radius 1 is 0.971 bits per heavy atom. The molecule has 1 unspecified atom stereocenters. The van der Waals surface area contributed by atoms with Gasteiger partial charge in [-0.1, -0.05) is 42.1 Å². The third-order valence-corrected chi connectivity index (χ3v) is 6.65. The summed E-state index contributed by atoms with van der Waals surface area (Å²) in [5.41, 5.74) is 2.03. The number of hydrogen-bond donors (Lipinski definition) is 0. The van der Waals surface area contributed by atoms with Crippen molar-refractivity contribution in [3.8, 4) is 17.2 Å². The molecule has 10 heteroatoms. The molecule has 4 aromatic rings. The number of benzene rings is 2. The Bertz CT molecular complexity index is 1210. The van der Waals surface area contributed by atoms with Crippen molar-refractivity contribution in [3.63, 3.8) is 0 Å². The SMILES string of the molecule is COc1ccc(-c2nnc(C(C)Sc3nnc(N4CCOCC4)n3Cc3ccccc3)o2)cc1. The summed E-state index contributed by atoms with van der Waals surface area (Å²) in [6.07, 6.45) is 0. The minimum Gasteiger partial charge on any atom is -0.497 e. The molecule has 0 amide bonds. The van der Waals surface area contributed by atoms with Crippen LogP contribution in [0, 0.1) is 0 Å². The van der Waals surface area contributed by atoms with Crippen LogP contribution < -0.4 is 9.64 Å². The fraction of sp³-hybridized carbons (Fsp3) is 0.333. The Morgan fingerprint density at radius 3 is 2.47 bits per heavy atom. The first-order valence-electron chi connectivity index (χ1n) is 11.2. The van der Waals surface area contributed by atoms with Gasteiger partial charge >= 0.3 is 0 Å². The fourth-order valence-corrected chi connectivity index (χ4v) is 4.60. The third kappa shape index (κ3) is 4.92. The average Bonchev–Trinajstić information content (AvgIpc) is 3.53. The van der Waals surface area contributed by atoms with Gasteiger partial charge in [0.25, 0.3) is 0 Å². The molecule has 0 spiro atoms. The zero-order chi connectivity index (χ0) is 23.3. The number of methoxy groups -OCH3 is 1. The van der Waals surface area contributed by atoms with Gasteiger partial charge in [0.2, 0.25) is 17.7 Å². The number of thioether (sulfide) groups is 1. The summed E-state index contributed by atoms with van der Waals surface area (Å²) >= 11 is 1.56. The number of nitrogens with zero attached hydrogens (tertiary/aromatic N) is 6. The van der Waals surface area contributed by atoms with Gasteiger partial charge in [0, 0.05) is 18.7 Å². The van der Waals surface area contributed by atoms with Crippen LogP contribution in [-0.4, -0.2) is 58.4 Å². The molecule has 1 aliphatic heterocycles. The molecule has 3 heterocycles. The number of rotatable bonds is 8. The Kier molecular flexibility index (Phi) is 6.77. The van der Waals surface area contributed by atoms with E-state index < -0.39 is 0 Å². The van der Waals surface area contributed by atoms with Gasteiger partial charge in [-0.05, 0) is 36.8 Å². The molecule has 1 atom stereocenters. The van der Waals surface area contributed by atoms with E-state index in [1.807, 2.05) is 49.4 Å². The molecule has 34 heavy (non-hydrogen) atoms. The molecule has 0 N–H and O–H groups in total. The molecular formula is C24H26N6O3S. The van der Waals surface area contributed by atoms with E-state index in [0.29, 0.717) is 31.5 Å². The van der Waals surface area contributed by atoms with E-state index in [4.69, 9.17) is 13.9 Å². The molecule has 0 bridgehead atoms. The second kappa shape index (κ2) is 10.3. The van der Waals surface area contributed by atoms with Crippen molar-refractivity contribution in [2.24, 2.45) is 0 Å². The van der Waals surface area contributed by atoms with Crippen molar-refractivity contribution in [1.29, 1.82) is 0 Å². The molecule has 2 aromatic heterocycles. The van der Waals surface area contributed by atoms with Crippen LogP contribution in [0.3, 0.4) is 0 Å². The number of morpholine rings is 1. The van der Waals surface area contributed by atoms with Crippen LogP contribution in [-0.2, 0) is 11.3 Å². The van der Waals surface area contributed by atoms with Crippen LogP contribution in [0.5, 0.6) is 5.75 Å². The van der Waals surface area contributed by atoms with Crippen LogP contribution in [0.4, 0.5) is 5.95 Å². The lowest BCUT2D eigenvalue weighted by atomic mass is 10.2. The minimum absolute atomic E-state index is 0.101. The van der Waals surface area contributed by atoms with E-state index in [-0.39, 0.29) is 5.25 Å². The molecule has 0 aliphatic carbocycles. The molecule has 2 aromatic carbocycles. The first-order valence-corrected chi connectivity index (χ1v) is 12.0. The van der Waals surface area contributed by atoms with E-state index in [9.17, 15) is 0 Å². The van der Waals surface area contributed by atoms with Gasteiger partial charge < -0.3 is 18.8 Å². The molecule has 1 aliphatic rings. The van der Waals surface area contributed by atoms with Crippen LogP contribution in [0.2, 0.25) is 0 Å². The standard InChI is InChI=1S/C24H26N6O3S/c1-17(21-25-26-22(33-21)19-8-10-20(31-2)11-9-19)34-24-28-27-23(29-12-14-32-15-13-29)30(24)16-18-6-4-3-5-7-18/h3-11,17H,12-16H2,1-2H3. The minimum atomic E-state index is -0.101. The summed E-state index contributed by atoms with van der Waals surface area (Å²) in [5.74, 6) is 2.65. The van der Waals surface area contributed by atoms with Crippen LogP contribution >= 0.6 is 11.8 Å². The van der Waals surface area contributed by atoms with Crippen LogP contribution in [0.1, 0.15) is 23.6 Å². The predicted molar refractivity (Wildman–Crippen MR) is 129 cm³/mol. The number of aromatic nitrogens is 5. The number of hydrogen-bond acceptors (Lipinski definition) is 9. The van der Waals surface area contributed by atoms with Crippen LogP contribution in [0.25, 0.3) is 11.5 Å². The van der Waals surface area contributed by atoms with Crippen molar-refractivity contribution >= 4 is 17.7 Å². The lowest BCUT2D eigenvalue weighted by Crippen LogP contribution is -2.38. The lowest BCUT2D eigenvalue weighted by molar-refractivity contribution is 0.121. The van der Waals surface area contributed by atoms with Crippen molar-refractivity contribution < 1.29 is 13.9 Å². The molecule has 0 saturated carbocycles. The van der Waals surface area contributed by atoms with Gasteiger partial charge in [-0.2, -0.15) is 0 Å². The molecule has 176 valence electrons. The Hall–Kier alpha value is -3.37. The first-order chi connectivity index (χ1) is 16.7. The molecule has 0 radical (unpaired) electrons. The Balaban J connectivity index is 1.38. The molecular weight excluding hydrogens is 452 g/mol. The van der Waals surface area contributed by atoms with Crippen molar-refractivity contribution in [1.82, 2.24) is 25.0 Å². The van der Waals surface area contributed by atoms with Gasteiger partial charge in [0.05, 0.1) is 32.1 Å². The second-order valence-electron chi connectivity index (χ2n) is 7.89. The first kappa shape index (κ1) is 22.4. The van der Waals surface area contributed by atoms with E-state index in [2.05, 4.69) is 42.0 Å². The van der Waals surface area contributed by atoms with E-state index in [1.54, 1.807) is 18.9 Å². The largest absolute Gasteiger partial charge is 0.497 e. The Labute approximate surface area is 202 Å². The van der Waals surface area contributed by atoms with Crippen molar-refractivity contribution in [2.45, 2.75) is 23.9 Å². The van der Waals surface area contributed by atoms with Gasteiger partial charge in [0.1, 0.15) is 5.75 Å². The summed E-state index contributed by atoms with van der Waals surface area (Å²) in [7, 11) is 1.64. The van der Waals surface area contributed by atoms with E-state index >= 15 is 0 Å². The summed E-state index contributed by atoms with van der Waals surface area (Å²) in [6.45, 7) is 5.67. The fourth-order valence-electron chi connectivity index (χ4n) is 3.73. The molecule has 1 saturated heterocycles. The predicted octanol–water partition coefficient (Wildman–Crippen LogP) is 4.07. The highest BCUT2D eigenvalue weighted by atomic mass is 32.2. The highest BCUT2D eigenvalue weighted by Crippen LogP contribution is 2.36. The maximum Gasteiger partial charge on any atom is 0.247 e. The molecule has 1 fully saturated rings. The summed E-state index contributed by atoms with van der Waals surface area (Å²) in [4.78, 5) is 2.22. The van der Waals surface area contributed by atoms with Crippen LogP contribution in [0.15, 0.2) is 64.2 Å². The summed E-state index contributed by atoms with van der Waals surface area (Å²) < 4.78 is 18.9. The lowest BCUT2D eigenvalue weighted by Gasteiger charge is -2.28. The quantitative estimate of drug-likeness (QED) is 0.347. The number of anilines is 1. The van der Waals surface area contributed by atoms with Gasteiger partial charge in [-0.25, -0.2) is 0 Å². The normalized spacial score (nSPS) is 14.8. The topological polar surface area (TPSA) is 91.3 Å². The highest BCUT2D eigenvalue weighted by Gasteiger charge is 2.24. The Morgan fingerprint density at radius 2 is 1.74 bits per heavy atom. The van der Waals surface area contributed by atoms with Gasteiger partial charge in [-0.3, -0.25) is 4.57 Å². The summed E-state index contributed by atoms with van der Waals surface area (Å²) in [6, 6.07) is 17.9. The smallest absolute Gasteiger partial charge is 0.247 e. The van der Waals surface area contributed by atoms with Gasteiger partial charge in [-0.15, -0.1) is 20.4 Å². The maximum absolute atomic E-state index is 5.99. The highest BCUT2D eigenvalue weighted by molar-refractivity contribution is 7.99. The zero-order valence-corrected chi connectivity index (χ0v) is 19.9. The monoisotopic (exact) mass is 478 g/mol. The van der Waals surface area contributed by atoms with Crippen molar-refractivity contribution in [2.75, 3.05) is 38.3 Å². The van der Waals surface area contributed by atoms with E-state index in [1.165, 1.54) is 5.56 Å². The maximum atomic E-state index is 5.99. The summed E-state index contributed by atoms with van der Waals surface area (Å²) in [5, 5.41) is 18.3. The van der Waals surface area contributed by atoms with E-state index in [0.717, 1.165) is 35.5 Å². The molecule has 9 nitrogen and oxygen atoms in total. The average molecular weight is 479 g/mol. The van der Waals surface area contributed by atoms with Crippen molar-refractivity contribution in [3.05, 3.63) is 66.1 Å². The third-order valence-electron chi connectivity index (χ3n) is 5.58. The second-order valence-corrected chi connectivity index (χ2v) is 9.20. The number of ether oxygens (including phenoxy) is 2.